The van der Waals surface area contributed by atoms with Gasteiger partial charge in [-0.1, -0.05) is 13.0 Å². The maximum Gasteiger partial charge on any atom is 0.0347 e. The Morgan fingerprint density at radius 2 is 2.12 bits per heavy atom. The number of nitrogens with zero attached hydrogens (tertiary/aromatic N) is 2. The highest BCUT2D eigenvalue weighted by Crippen LogP contribution is 2.17. The monoisotopic (exact) mass is 235 g/mol. The number of pyridine rings is 1. The first-order chi connectivity index (χ1) is 8.13. The Bertz CT molecular complexity index is 323. The molecule has 1 rings (SSSR count). The first-order valence-electron chi connectivity index (χ1n) is 6.43. The van der Waals surface area contributed by atoms with Crippen molar-refractivity contribution >= 4 is 0 Å². The quantitative estimate of drug-likeness (QED) is 0.786. The molecule has 17 heavy (non-hydrogen) atoms. The maximum absolute atomic E-state index is 4.29. The first kappa shape index (κ1) is 14.1. The van der Waals surface area contributed by atoms with E-state index in [1.807, 2.05) is 12.4 Å². The highest BCUT2D eigenvalue weighted by atomic mass is 15.1. The van der Waals surface area contributed by atoms with Crippen molar-refractivity contribution in [3.63, 3.8) is 0 Å². The van der Waals surface area contributed by atoms with Gasteiger partial charge >= 0.3 is 0 Å². The van der Waals surface area contributed by atoms with Gasteiger partial charge in [-0.15, -0.1) is 0 Å². The molecule has 0 bridgehead atoms. The highest BCUT2D eigenvalue weighted by Gasteiger charge is 2.11. The van der Waals surface area contributed by atoms with Crippen molar-refractivity contribution in [3.05, 3.63) is 29.6 Å². The number of hydrogen-bond donors (Lipinski definition) is 1. The van der Waals surface area contributed by atoms with E-state index in [1.165, 1.54) is 11.1 Å². The van der Waals surface area contributed by atoms with Crippen molar-refractivity contribution in [1.82, 2.24) is 15.2 Å². The average Bonchev–Trinajstić information content (AvgIpc) is 2.29. The largest absolute Gasteiger partial charge is 0.310 e. The third kappa shape index (κ3) is 5.29. The fourth-order valence-electron chi connectivity index (χ4n) is 1.86. The van der Waals surface area contributed by atoms with Crippen molar-refractivity contribution in [2.75, 3.05) is 27.2 Å². The summed E-state index contributed by atoms with van der Waals surface area (Å²) in [6.45, 7) is 6.45. The molecule has 1 aromatic heterocycles. The summed E-state index contributed by atoms with van der Waals surface area (Å²) in [4.78, 5) is 6.51. The van der Waals surface area contributed by atoms with Gasteiger partial charge in [0.1, 0.15) is 0 Å². The molecule has 3 heteroatoms. The van der Waals surface area contributed by atoms with Crippen LogP contribution in [0.25, 0.3) is 0 Å². The van der Waals surface area contributed by atoms with Gasteiger partial charge in [-0.3, -0.25) is 4.98 Å². The van der Waals surface area contributed by atoms with Gasteiger partial charge < -0.3 is 10.2 Å². The Labute approximate surface area is 105 Å². The molecule has 1 atom stereocenters. The molecule has 0 aliphatic carbocycles. The molecule has 1 heterocycles. The summed E-state index contributed by atoms with van der Waals surface area (Å²) in [5, 5.41) is 3.60. The van der Waals surface area contributed by atoms with Gasteiger partial charge in [0.05, 0.1) is 0 Å². The molecule has 0 aliphatic heterocycles. The summed E-state index contributed by atoms with van der Waals surface area (Å²) in [5.41, 5.74) is 2.54. The van der Waals surface area contributed by atoms with E-state index in [4.69, 9.17) is 0 Å². The molecular formula is C14H25N3. The van der Waals surface area contributed by atoms with Gasteiger partial charge in [0.25, 0.3) is 0 Å². The average molecular weight is 235 g/mol. The second-order valence-electron chi connectivity index (χ2n) is 4.89. The van der Waals surface area contributed by atoms with E-state index in [1.54, 1.807) is 0 Å². The standard InChI is InChI=1S/C14H25N3/c1-5-7-16-14(6-8-17(3)4)13-9-12(2)10-15-11-13/h9-11,14,16H,5-8H2,1-4H3. The summed E-state index contributed by atoms with van der Waals surface area (Å²) in [7, 11) is 4.23. The molecule has 1 unspecified atom stereocenters. The predicted molar refractivity (Wildman–Crippen MR) is 73.2 cm³/mol. The summed E-state index contributed by atoms with van der Waals surface area (Å²) < 4.78 is 0. The Morgan fingerprint density at radius 1 is 1.35 bits per heavy atom. The van der Waals surface area contributed by atoms with Gasteiger partial charge in [0.2, 0.25) is 0 Å². The zero-order valence-corrected chi connectivity index (χ0v) is 11.5. The number of aromatic nitrogens is 1. The van der Waals surface area contributed by atoms with Crippen LogP contribution in [0.4, 0.5) is 0 Å². The Kier molecular flexibility index (Phi) is 6.16. The Morgan fingerprint density at radius 3 is 2.71 bits per heavy atom. The molecule has 0 aliphatic rings. The first-order valence-corrected chi connectivity index (χ1v) is 6.43. The topological polar surface area (TPSA) is 28.2 Å². The fourth-order valence-corrected chi connectivity index (χ4v) is 1.86. The molecule has 3 nitrogen and oxygen atoms in total. The van der Waals surface area contributed by atoms with Crippen molar-refractivity contribution < 1.29 is 0 Å². The van der Waals surface area contributed by atoms with Crippen LogP contribution in [0.15, 0.2) is 18.5 Å². The second kappa shape index (κ2) is 7.41. The number of hydrogen-bond acceptors (Lipinski definition) is 3. The minimum absolute atomic E-state index is 0.421. The molecule has 0 saturated carbocycles. The molecule has 0 radical (unpaired) electrons. The van der Waals surface area contributed by atoms with Crippen LogP contribution in [-0.4, -0.2) is 37.1 Å². The van der Waals surface area contributed by atoms with Crippen LogP contribution in [0.1, 0.15) is 36.9 Å². The lowest BCUT2D eigenvalue weighted by molar-refractivity contribution is 0.360. The van der Waals surface area contributed by atoms with Gasteiger partial charge in [0.15, 0.2) is 0 Å². The van der Waals surface area contributed by atoms with Crippen LogP contribution in [0.3, 0.4) is 0 Å². The smallest absolute Gasteiger partial charge is 0.0347 e. The zero-order valence-electron chi connectivity index (χ0n) is 11.5. The number of rotatable bonds is 7. The lowest BCUT2D eigenvalue weighted by atomic mass is 10.0. The van der Waals surface area contributed by atoms with E-state index in [2.05, 4.69) is 49.2 Å². The van der Waals surface area contributed by atoms with Crippen molar-refractivity contribution in [3.8, 4) is 0 Å². The van der Waals surface area contributed by atoms with E-state index in [0.29, 0.717) is 6.04 Å². The van der Waals surface area contributed by atoms with Crippen molar-refractivity contribution in [2.24, 2.45) is 0 Å². The second-order valence-corrected chi connectivity index (χ2v) is 4.89. The van der Waals surface area contributed by atoms with E-state index in [-0.39, 0.29) is 0 Å². The third-order valence-electron chi connectivity index (χ3n) is 2.80. The zero-order chi connectivity index (χ0) is 12.7. The van der Waals surface area contributed by atoms with Crippen molar-refractivity contribution in [2.45, 2.75) is 32.7 Å². The van der Waals surface area contributed by atoms with Crippen LogP contribution in [0, 0.1) is 6.92 Å². The molecule has 0 spiro atoms. The molecule has 0 aromatic carbocycles. The van der Waals surface area contributed by atoms with Crippen LogP contribution in [-0.2, 0) is 0 Å². The summed E-state index contributed by atoms with van der Waals surface area (Å²) in [5.74, 6) is 0. The maximum atomic E-state index is 4.29. The lowest BCUT2D eigenvalue weighted by Crippen LogP contribution is -2.26. The highest BCUT2D eigenvalue weighted by molar-refractivity contribution is 5.20. The molecular weight excluding hydrogens is 210 g/mol. The molecule has 0 amide bonds. The van der Waals surface area contributed by atoms with E-state index >= 15 is 0 Å². The Balaban J connectivity index is 2.67. The lowest BCUT2D eigenvalue weighted by Gasteiger charge is -2.21. The number of aryl methyl sites for hydroxylation is 1. The van der Waals surface area contributed by atoms with Gasteiger partial charge in [-0.2, -0.15) is 0 Å². The minimum Gasteiger partial charge on any atom is -0.310 e. The van der Waals surface area contributed by atoms with Crippen LogP contribution >= 0.6 is 0 Å². The predicted octanol–water partition coefficient (Wildman–Crippen LogP) is 2.38. The van der Waals surface area contributed by atoms with Crippen LogP contribution < -0.4 is 5.32 Å². The molecule has 0 fully saturated rings. The summed E-state index contributed by atoms with van der Waals surface area (Å²) in [6.07, 6.45) is 6.18. The third-order valence-corrected chi connectivity index (χ3v) is 2.80. The van der Waals surface area contributed by atoms with Crippen molar-refractivity contribution in [1.29, 1.82) is 0 Å². The fraction of sp³-hybridized carbons (Fsp3) is 0.643. The van der Waals surface area contributed by atoms with Gasteiger partial charge in [-0.25, -0.2) is 0 Å². The summed E-state index contributed by atoms with van der Waals surface area (Å²) >= 11 is 0. The van der Waals surface area contributed by atoms with E-state index in [0.717, 1.165) is 25.9 Å². The SMILES string of the molecule is CCCNC(CCN(C)C)c1cncc(C)c1. The van der Waals surface area contributed by atoms with Crippen LogP contribution in [0.5, 0.6) is 0 Å². The molecule has 1 aromatic rings. The van der Waals surface area contributed by atoms with E-state index in [9.17, 15) is 0 Å². The number of nitrogens with one attached hydrogen (secondary N) is 1. The normalized spacial score (nSPS) is 13.0. The minimum atomic E-state index is 0.421. The van der Waals surface area contributed by atoms with Gasteiger partial charge in [0, 0.05) is 18.4 Å². The van der Waals surface area contributed by atoms with Crippen LogP contribution in [0.2, 0.25) is 0 Å². The molecule has 0 saturated heterocycles. The van der Waals surface area contributed by atoms with E-state index < -0.39 is 0 Å². The molecule has 96 valence electrons. The Hall–Kier alpha value is -0.930. The molecule has 1 N–H and O–H groups in total. The van der Waals surface area contributed by atoms with Gasteiger partial charge in [-0.05, 0) is 58.1 Å². The summed E-state index contributed by atoms with van der Waals surface area (Å²) in [6, 6.07) is 2.65.